The second-order valence-electron chi connectivity index (χ2n) is 8.39. The molecule has 28 heavy (non-hydrogen) atoms. The molecule has 0 radical (unpaired) electrons. The van der Waals surface area contributed by atoms with Crippen LogP contribution in [0.3, 0.4) is 0 Å². The van der Waals surface area contributed by atoms with Crippen LogP contribution in [0.1, 0.15) is 44.0 Å². The summed E-state index contributed by atoms with van der Waals surface area (Å²) < 4.78 is 10.4. The molecule has 4 heterocycles. The molecule has 1 unspecified atom stereocenters. The number of hydrogen-bond acceptors (Lipinski definition) is 3. The Morgan fingerprint density at radius 1 is 1.11 bits per heavy atom. The minimum atomic E-state index is 0.0968. The van der Waals surface area contributed by atoms with Gasteiger partial charge in [-0.3, -0.25) is 0 Å². The molecule has 0 bridgehead atoms. The van der Waals surface area contributed by atoms with E-state index in [9.17, 15) is 0 Å². The third kappa shape index (κ3) is 3.49. The zero-order valence-electron chi connectivity index (χ0n) is 16.7. The highest BCUT2D eigenvalue weighted by atomic mass is 16.5. The van der Waals surface area contributed by atoms with Crippen molar-refractivity contribution in [3.05, 3.63) is 42.4 Å². The van der Waals surface area contributed by atoms with Crippen molar-refractivity contribution in [3.63, 3.8) is 0 Å². The van der Waals surface area contributed by atoms with Gasteiger partial charge in [0.05, 0.1) is 6.20 Å². The van der Waals surface area contributed by atoms with Crippen molar-refractivity contribution in [2.45, 2.75) is 51.8 Å². The highest BCUT2D eigenvalue weighted by Gasteiger charge is 2.18. The normalized spacial score (nSPS) is 21.4. The van der Waals surface area contributed by atoms with E-state index >= 15 is 0 Å². The Bertz CT molecular complexity index is 945. The van der Waals surface area contributed by atoms with Gasteiger partial charge < -0.3 is 14.6 Å². The monoisotopic (exact) mass is 378 g/mol. The molecule has 2 aliphatic rings. The number of hydrogen-bond donors (Lipinski definition) is 1. The van der Waals surface area contributed by atoms with Crippen LogP contribution in [0.15, 0.2) is 36.7 Å². The molecule has 2 aromatic heterocycles. The fraction of sp³-hybridized carbons (Fsp3) is 0.522. The van der Waals surface area contributed by atoms with E-state index in [0.29, 0.717) is 0 Å². The molecular formula is C23H30N4O. The molecule has 0 saturated carbocycles. The van der Waals surface area contributed by atoms with Gasteiger partial charge in [0.1, 0.15) is 6.23 Å². The van der Waals surface area contributed by atoms with Crippen LogP contribution >= 0.6 is 0 Å². The summed E-state index contributed by atoms with van der Waals surface area (Å²) in [7, 11) is 0. The van der Waals surface area contributed by atoms with E-state index in [4.69, 9.17) is 4.74 Å². The van der Waals surface area contributed by atoms with Gasteiger partial charge in [-0.2, -0.15) is 5.10 Å². The number of piperidine rings is 1. The molecule has 0 spiro atoms. The van der Waals surface area contributed by atoms with Crippen molar-refractivity contribution in [3.8, 4) is 11.1 Å². The Kier molecular flexibility index (Phi) is 4.95. The Morgan fingerprint density at radius 3 is 2.82 bits per heavy atom. The molecule has 1 atom stereocenters. The second kappa shape index (κ2) is 7.72. The van der Waals surface area contributed by atoms with Crippen molar-refractivity contribution in [1.82, 2.24) is 19.7 Å². The molecule has 5 rings (SSSR count). The third-order valence-electron chi connectivity index (χ3n) is 6.39. The number of aryl methyl sites for hydroxylation is 1. The van der Waals surface area contributed by atoms with Gasteiger partial charge in [0, 0.05) is 41.5 Å². The number of aromatic nitrogens is 3. The molecule has 2 fully saturated rings. The Balaban J connectivity index is 1.40. The maximum absolute atomic E-state index is 5.87. The van der Waals surface area contributed by atoms with E-state index in [2.05, 4.69) is 52.4 Å². The molecule has 5 nitrogen and oxygen atoms in total. The molecule has 2 aliphatic heterocycles. The molecule has 148 valence electrons. The summed E-state index contributed by atoms with van der Waals surface area (Å²) in [5.74, 6) is 0.781. The lowest BCUT2D eigenvalue weighted by molar-refractivity contribution is -0.0394. The van der Waals surface area contributed by atoms with Gasteiger partial charge in [-0.15, -0.1) is 0 Å². The summed E-state index contributed by atoms with van der Waals surface area (Å²) in [6.45, 7) is 6.52. The van der Waals surface area contributed by atoms with Crippen LogP contribution in [0.2, 0.25) is 0 Å². The van der Waals surface area contributed by atoms with Crippen LogP contribution < -0.4 is 5.32 Å². The van der Waals surface area contributed by atoms with Gasteiger partial charge in [0.2, 0.25) is 0 Å². The lowest BCUT2D eigenvalue weighted by Gasteiger charge is -2.24. The highest BCUT2D eigenvalue weighted by molar-refractivity contribution is 5.86. The first-order chi connectivity index (χ1) is 13.8. The lowest BCUT2D eigenvalue weighted by atomic mass is 9.98. The summed E-state index contributed by atoms with van der Waals surface area (Å²) in [5.41, 5.74) is 5.10. The maximum atomic E-state index is 5.87. The van der Waals surface area contributed by atoms with E-state index in [1.54, 1.807) is 0 Å². The molecular weight excluding hydrogens is 348 g/mol. The van der Waals surface area contributed by atoms with Crippen LogP contribution in [-0.2, 0) is 11.3 Å². The van der Waals surface area contributed by atoms with Crippen molar-refractivity contribution in [2.75, 3.05) is 19.7 Å². The zero-order valence-corrected chi connectivity index (χ0v) is 16.7. The van der Waals surface area contributed by atoms with Gasteiger partial charge >= 0.3 is 0 Å². The van der Waals surface area contributed by atoms with Gasteiger partial charge in [-0.1, -0.05) is 6.07 Å². The van der Waals surface area contributed by atoms with E-state index in [-0.39, 0.29) is 6.23 Å². The predicted octanol–water partition coefficient (Wildman–Crippen LogP) is 4.51. The van der Waals surface area contributed by atoms with E-state index in [1.807, 2.05) is 10.9 Å². The van der Waals surface area contributed by atoms with Crippen molar-refractivity contribution in [2.24, 2.45) is 5.92 Å². The summed E-state index contributed by atoms with van der Waals surface area (Å²) >= 11 is 0. The highest BCUT2D eigenvalue weighted by Crippen LogP contribution is 2.30. The third-order valence-corrected chi connectivity index (χ3v) is 6.39. The topological polar surface area (TPSA) is 44.0 Å². The van der Waals surface area contributed by atoms with Crippen molar-refractivity contribution in [1.29, 1.82) is 0 Å². The first kappa shape index (κ1) is 18.0. The second-order valence-corrected chi connectivity index (χ2v) is 8.39. The zero-order chi connectivity index (χ0) is 18.9. The number of benzene rings is 1. The molecule has 2 saturated heterocycles. The molecule has 0 aliphatic carbocycles. The van der Waals surface area contributed by atoms with E-state index in [1.165, 1.54) is 47.0 Å². The average molecular weight is 379 g/mol. The number of nitrogens with zero attached hydrogens (tertiary/aromatic N) is 3. The Hall–Kier alpha value is -2.11. The van der Waals surface area contributed by atoms with Gasteiger partial charge in [0.25, 0.3) is 0 Å². The number of ether oxygens (including phenoxy) is 1. The Morgan fingerprint density at radius 2 is 2.00 bits per heavy atom. The van der Waals surface area contributed by atoms with Crippen molar-refractivity contribution < 1.29 is 4.74 Å². The summed E-state index contributed by atoms with van der Waals surface area (Å²) in [5, 5.41) is 9.37. The number of nitrogens with one attached hydrogen (secondary N) is 1. The van der Waals surface area contributed by atoms with Crippen LogP contribution in [0.25, 0.3) is 22.0 Å². The van der Waals surface area contributed by atoms with E-state index < -0.39 is 0 Å². The number of rotatable bonds is 4. The first-order valence-electron chi connectivity index (χ1n) is 10.7. The standard InChI is InChI=1S/C23H30N4O/c1-17-12-20-13-19(21-14-25-27(16-21)23-4-2-3-11-28-23)5-6-22(20)26(17)15-18-7-9-24-10-8-18/h5-6,12-14,16,18,23-24H,2-4,7-11,15H2,1H3. The molecule has 0 amide bonds. The average Bonchev–Trinajstić information content (AvgIpc) is 3.34. The molecule has 1 aromatic carbocycles. The largest absolute Gasteiger partial charge is 0.357 e. The van der Waals surface area contributed by atoms with Crippen LogP contribution in [0.4, 0.5) is 0 Å². The minimum absolute atomic E-state index is 0.0968. The SMILES string of the molecule is Cc1cc2cc(-c3cnn(C4CCCCO4)c3)ccc2n1CC1CCNCC1. The van der Waals surface area contributed by atoms with Crippen molar-refractivity contribution >= 4 is 10.9 Å². The first-order valence-corrected chi connectivity index (χ1v) is 10.7. The van der Waals surface area contributed by atoms with Crippen LogP contribution in [0, 0.1) is 12.8 Å². The summed E-state index contributed by atoms with van der Waals surface area (Å²) in [6, 6.07) is 9.16. The minimum Gasteiger partial charge on any atom is -0.357 e. The maximum Gasteiger partial charge on any atom is 0.150 e. The fourth-order valence-corrected chi connectivity index (χ4v) is 4.73. The van der Waals surface area contributed by atoms with Gasteiger partial charge in [0.15, 0.2) is 0 Å². The number of fused-ring (bicyclic) bond motifs is 1. The molecule has 5 heteroatoms. The predicted molar refractivity (Wildman–Crippen MR) is 112 cm³/mol. The molecule has 1 N–H and O–H groups in total. The lowest BCUT2D eigenvalue weighted by Crippen LogP contribution is -2.30. The van der Waals surface area contributed by atoms with E-state index in [0.717, 1.165) is 45.0 Å². The van der Waals surface area contributed by atoms with Crippen LogP contribution in [-0.4, -0.2) is 34.0 Å². The quantitative estimate of drug-likeness (QED) is 0.726. The fourth-order valence-electron chi connectivity index (χ4n) is 4.73. The summed E-state index contributed by atoms with van der Waals surface area (Å²) in [4.78, 5) is 0. The summed E-state index contributed by atoms with van der Waals surface area (Å²) in [6.07, 6.45) is 10.2. The van der Waals surface area contributed by atoms with Gasteiger partial charge in [-0.05, 0) is 81.8 Å². The van der Waals surface area contributed by atoms with Crippen LogP contribution in [0.5, 0.6) is 0 Å². The smallest absolute Gasteiger partial charge is 0.150 e. The molecule has 3 aromatic rings. The van der Waals surface area contributed by atoms with Gasteiger partial charge in [-0.25, -0.2) is 4.68 Å². The Labute approximate surface area is 166 Å².